The van der Waals surface area contributed by atoms with Gasteiger partial charge in [-0.3, -0.25) is 14.5 Å². The topological polar surface area (TPSA) is 78.5 Å². The third-order valence-electron chi connectivity index (χ3n) is 4.18. The average Bonchev–Trinajstić information content (AvgIpc) is 2.97. The number of anilines is 1. The molecule has 146 valence electrons. The summed E-state index contributed by atoms with van der Waals surface area (Å²) in [7, 11) is 0. The molecule has 1 fully saturated rings. The molecule has 28 heavy (non-hydrogen) atoms. The highest BCUT2D eigenvalue weighted by Gasteiger charge is 2.29. The quantitative estimate of drug-likeness (QED) is 0.683. The molecule has 1 aliphatic heterocycles. The van der Waals surface area contributed by atoms with E-state index in [1.165, 1.54) is 4.90 Å². The maximum absolute atomic E-state index is 12.2. The predicted octanol–water partition coefficient (Wildman–Crippen LogP) is 5.07. The lowest BCUT2D eigenvalue weighted by atomic mass is 10.1. The second-order valence-corrected chi connectivity index (χ2v) is 7.97. The third kappa shape index (κ3) is 4.98. The zero-order valence-corrected chi connectivity index (χ0v) is 17.2. The number of urea groups is 1. The largest absolute Gasteiger partial charge is 0.331 e. The monoisotopic (exact) mass is 437 g/mol. The molecule has 2 N–H and O–H groups in total. The van der Waals surface area contributed by atoms with Gasteiger partial charge in [-0.25, -0.2) is 4.79 Å². The summed E-state index contributed by atoms with van der Waals surface area (Å²) in [5.74, 6) is 0.00298. The number of imide groups is 1. The van der Waals surface area contributed by atoms with Crippen LogP contribution in [0, 0.1) is 0 Å². The van der Waals surface area contributed by atoms with Gasteiger partial charge in [-0.1, -0.05) is 53.2 Å². The van der Waals surface area contributed by atoms with Crippen LogP contribution in [0.25, 0.3) is 0 Å². The highest BCUT2D eigenvalue weighted by atomic mass is 35.5. The molecular formula is C19H17Cl2N3O3S. The fraction of sp³-hybridized carbons (Fsp3) is 0.211. The highest BCUT2D eigenvalue weighted by molar-refractivity contribution is 8.14. The summed E-state index contributed by atoms with van der Waals surface area (Å²) < 4.78 is 0. The minimum atomic E-state index is -0.368. The Kier molecular flexibility index (Phi) is 6.49. The van der Waals surface area contributed by atoms with Crippen LogP contribution in [0.2, 0.25) is 10.0 Å². The van der Waals surface area contributed by atoms with Crippen molar-refractivity contribution in [2.45, 2.75) is 19.5 Å². The summed E-state index contributed by atoms with van der Waals surface area (Å²) in [6.45, 7) is 2.07. The van der Waals surface area contributed by atoms with Crippen molar-refractivity contribution in [3.8, 4) is 0 Å². The molecule has 0 bridgehead atoms. The number of rotatable bonds is 5. The Morgan fingerprint density at radius 2 is 1.86 bits per heavy atom. The van der Waals surface area contributed by atoms with Gasteiger partial charge in [0.15, 0.2) is 0 Å². The van der Waals surface area contributed by atoms with Gasteiger partial charge in [0, 0.05) is 5.69 Å². The lowest BCUT2D eigenvalue weighted by Crippen LogP contribution is -2.31. The van der Waals surface area contributed by atoms with Gasteiger partial charge >= 0.3 is 6.03 Å². The molecule has 4 amide bonds. The van der Waals surface area contributed by atoms with Crippen molar-refractivity contribution in [2.24, 2.45) is 0 Å². The van der Waals surface area contributed by atoms with E-state index in [9.17, 15) is 14.4 Å². The molecule has 1 saturated heterocycles. The highest BCUT2D eigenvalue weighted by Crippen LogP contribution is 2.26. The Bertz CT molecular complexity index is 905. The number of halogens is 2. The molecule has 0 saturated carbocycles. The smallest absolute Gasteiger partial charge is 0.319 e. The van der Waals surface area contributed by atoms with E-state index >= 15 is 0 Å². The molecule has 6 nitrogen and oxygen atoms in total. The fourth-order valence-corrected chi connectivity index (χ4v) is 3.67. The van der Waals surface area contributed by atoms with Crippen molar-refractivity contribution >= 4 is 57.8 Å². The van der Waals surface area contributed by atoms with Crippen LogP contribution in [-0.4, -0.2) is 27.8 Å². The molecule has 2 aromatic rings. The van der Waals surface area contributed by atoms with Crippen molar-refractivity contribution in [1.29, 1.82) is 0 Å². The summed E-state index contributed by atoms with van der Waals surface area (Å²) in [5, 5.41) is 6.22. The van der Waals surface area contributed by atoms with Crippen molar-refractivity contribution in [1.82, 2.24) is 10.2 Å². The molecule has 1 atom stereocenters. The van der Waals surface area contributed by atoms with Gasteiger partial charge in [-0.15, -0.1) is 0 Å². The van der Waals surface area contributed by atoms with E-state index < -0.39 is 0 Å². The minimum Gasteiger partial charge on any atom is -0.331 e. The molecule has 1 heterocycles. The first-order valence-electron chi connectivity index (χ1n) is 8.42. The lowest BCUT2D eigenvalue weighted by Gasteiger charge is -2.16. The van der Waals surface area contributed by atoms with Crippen molar-refractivity contribution in [3.05, 3.63) is 63.6 Å². The molecule has 0 aromatic heterocycles. The van der Waals surface area contributed by atoms with E-state index in [0.717, 1.165) is 22.9 Å². The number of nitrogens with zero attached hydrogens (tertiary/aromatic N) is 1. The van der Waals surface area contributed by atoms with Crippen LogP contribution in [-0.2, 0) is 11.3 Å². The maximum Gasteiger partial charge on any atom is 0.319 e. The second-order valence-electron chi connectivity index (χ2n) is 6.23. The number of hydrogen-bond acceptors (Lipinski definition) is 4. The van der Waals surface area contributed by atoms with E-state index in [1.807, 2.05) is 6.92 Å². The molecule has 3 rings (SSSR count). The number of amides is 4. The SMILES string of the molecule is CC(NC(=O)Nc1ccc(CN2C(=O)CSC2=O)cc1)c1ccc(Cl)c(Cl)c1. The van der Waals surface area contributed by atoms with Gasteiger partial charge in [0.25, 0.3) is 5.24 Å². The zero-order chi connectivity index (χ0) is 20.3. The standard InChI is InChI=1S/C19H17Cl2N3O3S/c1-11(13-4-7-15(20)16(21)8-13)22-18(26)23-14-5-2-12(3-6-14)9-24-17(25)10-28-19(24)27/h2-8,11H,9-10H2,1H3,(H2,22,23,26). The Hall–Kier alpha value is -2.22. The van der Waals surface area contributed by atoms with Gasteiger partial charge in [0.2, 0.25) is 5.91 Å². The van der Waals surface area contributed by atoms with E-state index in [2.05, 4.69) is 10.6 Å². The average molecular weight is 438 g/mol. The fourth-order valence-electron chi connectivity index (χ4n) is 2.64. The van der Waals surface area contributed by atoms with Crippen LogP contribution in [0.3, 0.4) is 0 Å². The zero-order valence-electron chi connectivity index (χ0n) is 14.9. The summed E-state index contributed by atoms with van der Waals surface area (Å²) >= 11 is 12.9. The number of thioether (sulfide) groups is 1. The van der Waals surface area contributed by atoms with Crippen LogP contribution < -0.4 is 10.6 Å². The van der Waals surface area contributed by atoms with Crippen LogP contribution in [0.4, 0.5) is 15.3 Å². The first kappa shape index (κ1) is 20.5. The summed E-state index contributed by atoms with van der Waals surface area (Å²) in [6.07, 6.45) is 0. The molecular weight excluding hydrogens is 421 g/mol. The maximum atomic E-state index is 12.2. The number of nitrogens with one attached hydrogen (secondary N) is 2. The van der Waals surface area contributed by atoms with Crippen LogP contribution in [0.15, 0.2) is 42.5 Å². The minimum absolute atomic E-state index is 0.187. The van der Waals surface area contributed by atoms with Crippen LogP contribution >= 0.6 is 35.0 Å². The van der Waals surface area contributed by atoms with E-state index in [1.54, 1.807) is 42.5 Å². The second kappa shape index (κ2) is 8.86. The first-order valence-corrected chi connectivity index (χ1v) is 10.2. The lowest BCUT2D eigenvalue weighted by molar-refractivity contribution is -0.125. The molecule has 0 radical (unpaired) electrons. The normalized spacial score (nSPS) is 14.9. The third-order valence-corrected chi connectivity index (χ3v) is 5.78. The van der Waals surface area contributed by atoms with Gasteiger partial charge in [0.05, 0.1) is 28.4 Å². The van der Waals surface area contributed by atoms with Gasteiger partial charge < -0.3 is 10.6 Å². The number of benzene rings is 2. The van der Waals surface area contributed by atoms with E-state index in [4.69, 9.17) is 23.2 Å². The van der Waals surface area contributed by atoms with Gasteiger partial charge in [0.1, 0.15) is 0 Å². The molecule has 1 unspecified atom stereocenters. The molecule has 1 aliphatic rings. The first-order chi connectivity index (χ1) is 13.3. The Morgan fingerprint density at radius 3 is 2.46 bits per heavy atom. The Morgan fingerprint density at radius 1 is 1.14 bits per heavy atom. The Labute approximate surface area is 176 Å². The molecule has 2 aromatic carbocycles. The number of carbonyl (C=O) groups excluding carboxylic acids is 3. The Balaban J connectivity index is 1.56. The van der Waals surface area contributed by atoms with Crippen molar-refractivity contribution in [2.75, 3.05) is 11.1 Å². The summed E-state index contributed by atoms with van der Waals surface area (Å²) in [5.41, 5.74) is 2.23. The van der Waals surface area contributed by atoms with E-state index in [0.29, 0.717) is 15.7 Å². The van der Waals surface area contributed by atoms with Crippen molar-refractivity contribution < 1.29 is 14.4 Å². The van der Waals surface area contributed by atoms with Gasteiger partial charge in [-0.2, -0.15) is 0 Å². The van der Waals surface area contributed by atoms with E-state index in [-0.39, 0.29) is 35.5 Å². The van der Waals surface area contributed by atoms with Crippen LogP contribution in [0.1, 0.15) is 24.1 Å². The molecule has 0 spiro atoms. The summed E-state index contributed by atoms with van der Waals surface area (Å²) in [6, 6.07) is 11.5. The molecule has 9 heteroatoms. The number of hydrogen-bond donors (Lipinski definition) is 2. The van der Waals surface area contributed by atoms with Crippen molar-refractivity contribution in [3.63, 3.8) is 0 Å². The summed E-state index contributed by atoms with van der Waals surface area (Å²) in [4.78, 5) is 36.7. The van der Waals surface area contributed by atoms with Gasteiger partial charge in [-0.05, 0) is 42.3 Å². The van der Waals surface area contributed by atoms with Crippen LogP contribution in [0.5, 0.6) is 0 Å². The molecule has 0 aliphatic carbocycles. The number of carbonyl (C=O) groups is 3. The predicted molar refractivity (Wildman–Crippen MR) is 112 cm³/mol.